The van der Waals surface area contributed by atoms with Gasteiger partial charge in [0.2, 0.25) is 0 Å². The summed E-state index contributed by atoms with van der Waals surface area (Å²) in [6.07, 6.45) is 0.645. The van der Waals surface area contributed by atoms with E-state index in [0.29, 0.717) is 23.5 Å². The van der Waals surface area contributed by atoms with Gasteiger partial charge >= 0.3 is 0 Å². The number of aromatic amines is 1. The van der Waals surface area contributed by atoms with Crippen molar-refractivity contribution < 1.29 is 13.9 Å². The average Bonchev–Trinajstić information content (AvgIpc) is 2.81. The van der Waals surface area contributed by atoms with Gasteiger partial charge in [-0.25, -0.2) is 4.39 Å². The van der Waals surface area contributed by atoms with Gasteiger partial charge in [-0.2, -0.15) is 5.10 Å². The van der Waals surface area contributed by atoms with E-state index in [1.54, 1.807) is 0 Å². The van der Waals surface area contributed by atoms with E-state index in [1.165, 1.54) is 25.3 Å². The molecule has 0 aliphatic carbocycles. The SMILES string of the molecule is CCc1[nH]nc(C(=O)Nc2ccc(F)cc2OC)c1N. The lowest BCUT2D eigenvalue weighted by Gasteiger charge is -2.09. The van der Waals surface area contributed by atoms with Gasteiger partial charge in [0.05, 0.1) is 24.2 Å². The van der Waals surface area contributed by atoms with Gasteiger partial charge in [-0.3, -0.25) is 9.89 Å². The number of hydrogen-bond acceptors (Lipinski definition) is 4. The molecule has 0 unspecified atom stereocenters. The number of hydrogen-bond donors (Lipinski definition) is 3. The lowest BCUT2D eigenvalue weighted by molar-refractivity contribution is 0.102. The van der Waals surface area contributed by atoms with Crippen LogP contribution in [0, 0.1) is 5.82 Å². The zero-order valence-corrected chi connectivity index (χ0v) is 11.2. The third-order valence-corrected chi connectivity index (χ3v) is 2.86. The molecular weight excluding hydrogens is 263 g/mol. The number of aryl methyl sites for hydroxylation is 1. The highest BCUT2D eigenvalue weighted by Crippen LogP contribution is 2.26. The number of nitrogens with two attached hydrogens (primary N) is 1. The largest absolute Gasteiger partial charge is 0.494 e. The van der Waals surface area contributed by atoms with Crippen LogP contribution in [0.4, 0.5) is 15.8 Å². The molecule has 4 N–H and O–H groups in total. The van der Waals surface area contributed by atoms with Gasteiger partial charge in [0, 0.05) is 6.07 Å². The number of rotatable bonds is 4. The maximum atomic E-state index is 13.1. The van der Waals surface area contributed by atoms with Gasteiger partial charge in [-0.1, -0.05) is 6.92 Å². The molecule has 1 aromatic heterocycles. The molecule has 7 heteroatoms. The highest BCUT2D eigenvalue weighted by molar-refractivity contribution is 6.07. The first-order chi connectivity index (χ1) is 9.56. The Morgan fingerprint density at radius 2 is 2.30 bits per heavy atom. The lowest BCUT2D eigenvalue weighted by Crippen LogP contribution is -2.15. The number of benzene rings is 1. The van der Waals surface area contributed by atoms with Gasteiger partial charge in [-0.05, 0) is 18.6 Å². The Bertz CT molecular complexity index is 639. The summed E-state index contributed by atoms with van der Waals surface area (Å²) >= 11 is 0. The molecule has 2 aromatic rings. The molecule has 0 bridgehead atoms. The third kappa shape index (κ3) is 2.56. The van der Waals surface area contributed by atoms with Crippen molar-refractivity contribution in [2.24, 2.45) is 0 Å². The third-order valence-electron chi connectivity index (χ3n) is 2.86. The van der Waals surface area contributed by atoms with Crippen molar-refractivity contribution in [3.63, 3.8) is 0 Å². The van der Waals surface area contributed by atoms with Gasteiger partial charge in [-0.15, -0.1) is 0 Å². The molecule has 0 radical (unpaired) electrons. The first-order valence-corrected chi connectivity index (χ1v) is 6.04. The van der Waals surface area contributed by atoms with Crippen LogP contribution in [0.2, 0.25) is 0 Å². The number of carbonyl (C=O) groups is 1. The standard InChI is InChI=1S/C13H15FN4O2/c1-3-8-11(15)12(18-17-8)13(19)16-9-5-4-7(14)6-10(9)20-2/h4-6H,3,15H2,1-2H3,(H,16,19)(H,17,18). The van der Waals surface area contributed by atoms with E-state index in [0.717, 1.165) is 0 Å². The van der Waals surface area contributed by atoms with Crippen LogP contribution in [-0.2, 0) is 6.42 Å². The number of carbonyl (C=O) groups excluding carboxylic acids is 1. The van der Waals surface area contributed by atoms with Crippen LogP contribution in [0.5, 0.6) is 5.75 Å². The van der Waals surface area contributed by atoms with Crippen molar-refractivity contribution in [3.05, 3.63) is 35.4 Å². The van der Waals surface area contributed by atoms with Crippen LogP contribution in [0.1, 0.15) is 23.1 Å². The fourth-order valence-corrected chi connectivity index (χ4v) is 1.78. The molecule has 0 saturated heterocycles. The van der Waals surface area contributed by atoms with Crippen molar-refractivity contribution >= 4 is 17.3 Å². The average molecular weight is 278 g/mol. The van der Waals surface area contributed by atoms with Crippen LogP contribution in [0.15, 0.2) is 18.2 Å². The topological polar surface area (TPSA) is 93.0 Å². The Hall–Kier alpha value is -2.57. The minimum atomic E-state index is -0.483. The van der Waals surface area contributed by atoms with Crippen molar-refractivity contribution in [3.8, 4) is 5.75 Å². The second-order valence-corrected chi connectivity index (χ2v) is 4.12. The molecule has 0 saturated carbocycles. The number of anilines is 2. The zero-order chi connectivity index (χ0) is 14.7. The predicted octanol–water partition coefficient (Wildman–Crippen LogP) is 1.95. The fourth-order valence-electron chi connectivity index (χ4n) is 1.78. The summed E-state index contributed by atoms with van der Waals surface area (Å²) in [4.78, 5) is 12.1. The lowest BCUT2D eigenvalue weighted by atomic mass is 10.2. The Balaban J connectivity index is 2.25. The number of ether oxygens (including phenoxy) is 1. The molecule has 20 heavy (non-hydrogen) atoms. The molecule has 0 aliphatic heterocycles. The highest BCUT2D eigenvalue weighted by Gasteiger charge is 2.18. The molecule has 1 aromatic carbocycles. The highest BCUT2D eigenvalue weighted by atomic mass is 19.1. The second-order valence-electron chi connectivity index (χ2n) is 4.12. The van der Waals surface area contributed by atoms with Crippen molar-refractivity contribution in [2.75, 3.05) is 18.2 Å². The number of H-pyrrole nitrogens is 1. The Morgan fingerprint density at radius 1 is 1.55 bits per heavy atom. The van der Waals surface area contributed by atoms with Crippen LogP contribution in [-0.4, -0.2) is 23.2 Å². The predicted molar refractivity (Wildman–Crippen MR) is 73.3 cm³/mol. The zero-order valence-electron chi connectivity index (χ0n) is 11.2. The Kier molecular flexibility index (Phi) is 3.88. The van der Waals surface area contributed by atoms with Gasteiger partial charge in [0.15, 0.2) is 5.69 Å². The summed E-state index contributed by atoms with van der Waals surface area (Å²) in [5, 5.41) is 9.17. The molecule has 0 atom stereocenters. The number of nitrogens with zero attached hydrogens (tertiary/aromatic N) is 1. The maximum absolute atomic E-state index is 13.1. The molecule has 2 rings (SSSR count). The normalized spacial score (nSPS) is 10.3. The maximum Gasteiger partial charge on any atom is 0.278 e. The van der Waals surface area contributed by atoms with Crippen LogP contribution >= 0.6 is 0 Å². The Labute approximate surface area is 115 Å². The van der Waals surface area contributed by atoms with Gasteiger partial charge in [0.25, 0.3) is 5.91 Å². The van der Waals surface area contributed by atoms with E-state index in [9.17, 15) is 9.18 Å². The summed E-state index contributed by atoms with van der Waals surface area (Å²) in [7, 11) is 1.39. The summed E-state index contributed by atoms with van der Waals surface area (Å²) < 4.78 is 18.1. The molecule has 1 heterocycles. The van der Waals surface area contributed by atoms with Crippen LogP contribution in [0.3, 0.4) is 0 Å². The van der Waals surface area contributed by atoms with E-state index in [1.807, 2.05) is 6.92 Å². The van der Waals surface area contributed by atoms with Crippen molar-refractivity contribution in [2.45, 2.75) is 13.3 Å². The fraction of sp³-hybridized carbons (Fsp3) is 0.231. The number of nitrogens with one attached hydrogen (secondary N) is 2. The number of halogens is 1. The van der Waals surface area contributed by atoms with E-state index < -0.39 is 11.7 Å². The smallest absolute Gasteiger partial charge is 0.278 e. The first kappa shape index (κ1) is 13.9. The number of methoxy groups -OCH3 is 1. The number of aromatic nitrogens is 2. The summed E-state index contributed by atoms with van der Waals surface area (Å²) in [5.74, 6) is -0.709. The summed E-state index contributed by atoms with van der Waals surface area (Å²) in [6.45, 7) is 1.90. The van der Waals surface area contributed by atoms with E-state index in [-0.39, 0.29) is 11.4 Å². The number of nitrogen functional groups attached to an aromatic ring is 1. The molecule has 0 spiro atoms. The van der Waals surface area contributed by atoms with Gasteiger partial charge < -0.3 is 15.8 Å². The first-order valence-electron chi connectivity index (χ1n) is 6.04. The molecular formula is C13H15FN4O2. The Morgan fingerprint density at radius 3 is 2.90 bits per heavy atom. The molecule has 6 nitrogen and oxygen atoms in total. The quantitative estimate of drug-likeness (QED) is 0.797. The molecule has 1 amide bonds. The summed E-state index contributed by atoms with van der Waals surface area (Å²) in [5.41, 5.74) is 7.28. The van der Waals surface area contributed by atoms with E-state index >= 15 is 0 Å². The van der Waals surface area contributed by atoms with E-state index in [4.69, 9.17) is 10.5 Å². The minimum absolute atomic E-state index is 0.105. The monoisotopic (exact) mass is 278 g/mol. The van der Waals surface area contributed by atoms with Gasteiger partial charge in [0.1, 0.15) is 11.6 Å². The van der Waals surface area contributed by atoms with E-state index in [2.05, 4.69) is 15.5 Å². The number of amides is 1. The molecule has 0 fully saturated rings. The second kappa shape index (κ2) is 5.60. The van der Waals surface area contributed by atoms with Crippen molar-refractivity contribution in [1.82, 2.24) is 10.2 Å². The van der Waals surface area contributed by atoms with Crippen molar-refractivity contribution in [1.29, 1.82) is 0 Å². The van der Waals surface area contributed by atoms with Crippen LogP contribution < -0.4 is 15.8 Å². The molecule has 106 valence electrons. The molecule has 0 aliphatic rings. The van der Waals surface area contributed by atoms with Crippen LogP contribution in [0.25, 0.3) is 0 Å². The minimum Gasteiger partial charge on any atom is -0.494 e. The summed E-state index contributed by atoms with van der Waals surface area (Å²) in [6, 6.07) is 3.82.